The maximum Gasteiger partial charge on any atom is 0.0902 e. The second-order valence-electron chi connectivity index (χ2n) is 17.0. The molecule has 0 fully saturated rings. The van der Waals surface area contributed by atoms with Crippen molar-refractivity contribution in [3.05, 3.63) is 106 Å². The predicted molar refractivity (Wildman–Crippen MR) is 211 cm³/mol. The first kappa shape index (κ1) is 34.4. The van der Waals surface area contributed by atoms with Gasteiger partial charge in [-0.15, -0.1) is 9.24 Å². The fraction of sp³-hybridized carbons (Fsp3) is 0.436. The van der Waals surface area contributed by atoms with Crippen molar-refractivity contribution in [2.24, 2.45) is 5.92 Å². The van der Waals surface area contributed by atoms with E-state index in [2.05, 4.69) is 169 Å². The highest BCUT2D eigenvalue weighted by Gasteiger charge is 2.50. The summed E-state index contributed by atoms with van der Waals surface area (Å²) in [6, 6.07) is 26.1. The summed E-state index contributed by atoms with van der Waals surface area (Å²) in [6.45, 7) is 30.2. The molecule has 5 rings (SSSR count). The molecule has 6 heteroatoms. The molecule has 238 valence electrons. The fourth-order valence-electron chi connectivity index (χ4n) is 7.54. The van der Waals surface area contributed by atoms with E-state index in [0.29, 0.717) is 5.92 Å². The highest BCUT2D eigenvalue weighted by molar-refractivity contribution is 7.60. The number of fused-ring (bicyclic) bond motifs is 2. The Labute approximate surface area is 278 Å². The summed E-state index contributed by atoms with van der Waals surface area (Å²) >= 11 is 0. The molecule has 0 bridgehead atoms. The average Bonchev–Trinajstić information content (AvgIpc) is 3.35. The number of aromatic nitrogens is 2. The molecule has 0 radical (unpaired) electrons. The quantitative estimate of drug-likeness (QED) is 0.145. The van der Waals surface area contributed by atoms with Gasteiger partial charge in [0.2, 0.25) is 0 Å². The zero-order valence-electron chi connectivity index (χ0n) is 29.7. The van der Waals surface area contributed by atoms with Gasteiger partial charge >= 0.3 is 0 Å². The van der Waals surface area contributed by atoms with Crippen molar-refractivity contribution in [2.45, 2.75) is 96.3 Å². The minimum absolute atomic E-state index is 0.233. The monoisotopic (exact) mass is 668 g/mol. The Balaban J connectivity index is 1.85. The number of pyridine rings is 2. The van der Waals surface area contributed by atoms with E-state index in [1.54, 1.807) is 10.4 Å². The lowest BCUT2D eigenvalue weighted by Gasteiger charge is -2.46. The largest absolute Gasteiger partial charge is 0.251 e. The van der Waals surface area contributed by atoms with Crippen LogP contribution in [0.2, 0.25) is 39.3 Å². The summed E-state index contributed by atoms with van der Waals surface area (Å²) in [6.07, 6.45) is 3.86. The van der Waals surface area contributed by atoms with Crippen molar-refractivity contribution >= 4 is 55.1 Å². The van der Waals surface area contributed by atoms with Gasteiger partial charge in [-0.3, -0.25) is 9.97 Å². The normalized spacial score (nSPS) is 17.1. The molecule has 2 atom stereocenters. The summed E-state index contributed by atoms with van der Waals surface area (Å²) < 4.78 is 0. The number of nitrogens with zero attached hydrogens (tertiary/aromatic N) is 2. The van der Waals surface area contributed by atoms with Gasteiger partial charge in [-0.05, 0) is 46.3 Å². The van der Waals surface area contributed by atoms with Crippen molar-refractivity contribution < 1.29 is 0 Å². The van der Waals surface area contributed by atoms with Crippen LogP contribution in [0.5, 0.6) is 0 Å². The first-order valence-electron chi connectivity index (χ1n) is 16.5. The van der Waals surface area contributed by atoms with Crippen LogP contribution in [0.25, 0.3) is 21.8 Å². The van der Waals surface area contributed by atoms with Crippen LogP contribution in [0.4, 0.5) is 0 Å². The van der Waals surface area contributed by atoms with Crippen molar-refractivity contribution in [3.8, 4) is 0 Å². The van der Waals surface area contributed by atoms with Crippen LogP contribution in [0.3, 0.4) is 0 Å². The Hall–Kier alpha value is -1.97. The van der Waals surface area contributed by atoms with Gasteiger partial charge in [-0.2, -0.15) is 0 Å². The fourth-order valence-corrected chi connectivity index (χ4v) is 18.2. The minimum atomic E-state index is -1.73. The van der Waals surface area contributed by atoms with E-state index in [0.717, 1.165) is 22.4 Å². The maximum atomic E-state index is 5.44. The summed E-state index contributed by atoms with van der Waals surface area (Å²) in [4.78, 5) is 10.9. The SMILES string of the molecule is CC(C)(C)P(CC1C(C(P)(c2ccc3ccccc3n2)c2ccc3ccccc3n2)=CC([Si](C)(C)C)=C1[Si](C)(C)C)C(C)(C)C. The third-order valence-electron chi connectivity index (χ3n) is 9.37. The molecule has 0 amide bonds. The Morgan fingerprint density at radius 3 is 1.49 bits per heavy atom. The molecule has 1 aliphatic rings. The zero-order valence-corrected chi connectivity index (χ0v) is 33.8. The highest BCUT2D eigenvalue weighted by atomic mass is 31.1. The number of allylic oxidation sites excluding steroid dienone is 4. The smallest absolute Gasteiger partial charge is 0.0902 e. The number of hydrogen-bond acceptors (Lipinski definition) is 2. The molecule has 0 spiro atoms. The number of rotatable bonds is 7. The summed E-state index contributed by atoms with van der Waals surface area (Å²) in [7, 11) is -0.397. The third kappa shape index (κ3) is 6.73. The van der Waals surface area contributed by atoms with Crippen LogP contribution in [0.1, 0.15) is 52.9 Å². The molecule has 2 nitrogen and oxygen atoms in total. The number of benzene rings is 2. The van der Waals surface area contributed by atoms with E-state index in [1.165, 1.54) is 22.5 Å². The van der Waals surface area contributed by atoms with Crippen molar-refractivity contribution in [1.82, 2.24) is 9.97 Å². The molecular weight excluding hydrogens is 615 g/mol. The third-order valence-corrected chi connectivity index (χ3v) is 18.8. The van der Waals surface area contributed by atoms with Crippen LogP contribution in [-0.2, 0) is 5.16 Å². The van der Waals surface area contributed by atoms with Gasteiger partial charge in [0.1, 0.15) is 0 Å². The van der Waals surface area contributed by atoms with Gasteiger partial charge in [0, 0.05) is 16.7 Å². The lowest BCUT2D eigenvalue weighted by atomic mass is 9.83. The Morgan fingerprint density at radius 2 is 1.09 bits per heavy atom. The van der Waals surface area contributed by atoms with Gasteiger partial charge in [0.25, 0.3) is 0 Å². The van der Waals surface area contributed by atoms with Gasteiger partial charge in [0.05, 0.1) is 43.7 Å². The first-order chi connectivity index (χ1) is 20.7. The average molecular weight is 669 g/mol. The van der Waals surface area contributed by atoms with Gasteiger partial charge < -0.3 is 0 Å². The van der Waals surface area contributed by atoms with Crippen LogP contribution in [0.15, 0.2) is 94.8 Å². The maximum absolute atomic E-state index is 5.44. The number of hydrogen-bond donors (Lipinski definition) is 0. The second-order valence-corrected chi connectivity index (χ2v) is 31.9. The predicted octanol–water partition coefficient (Wildman–Crippen LogP) is 11.6. The zero-order chi connectivity index (χ0) is 33.2. The molecular formula is C39H54N2P2Si2. The van der Waals surface area contributed by atoms with Gasteiger partial charge in [0.15, 0.2) is 0 Å². The van der Waals surface area contributed by atoms with E-state index in [1.807, 2.05) is 0 Å². The Morgan fingerprint density at radius 1 is 0.644 bits per heavy atom. The highest BCUT2D eigenvalue weighted by Crippen LogP contribution is 2.64. The second kappa shape index (κ2) is 11.9. The number of para-hydroxylation sites is 2. The molecule has 0 saturated heterocycles. The standard InChI is InChI=1S/C39H54N2P2Si2/c1-37(2,3)43(38(4,5)6)26-29-30(25-33(44(7,8)9)36(29)45(10,11)12)39(42,34-23-21-27-17-13-15-19-31(27)40-34)35-24-22-28-18-14-16-20-32(28)41-35/h13-25,29H,26,42H2,1-12H3. The van der Waals surface area contributed by atoms with E-state index >= 15 is 0 Å². The summed E-state index contributed by atoms with van der Waals surface area (Å²) in [5.41, 5.74) is 5.68. The van der Waals surface area contributed by atoms with Crippen molar-refractivity contribution in [1.29, 1.82) is 0 Å². The topological polar surface area (TPSA) is 25.8 Å². The van der Waals surface area contributed by atoms with Gasteiger partial charge in [-0.25, -0.2) is 0 Å². The van der Waals surface area contributed by atoms with Crippen LogP contribution < -0.4 is 0 Å². The summed E-state index contributed by atoms with van der Waals surface area (Å²) in [5.74, 6) is 0.363. The molecule has 45 heavy (non-hydrogen) atoms. The molecule has 0 N–H and O–H groups in total. The van der Waals surface area contributed by atoms with E-state index in [-0.39, 0.29) is 18.2 Å². The van der Waals surface area contributed by atoms with Gasteiger partial charge in [-0.1, -0.05) is 154 Å². The van der Waals surface area contributed by atoms with E-state index < -0.39 is 21.3 Å². The van der Waals surface area contributed by atoms with Crippen LogP contribution in [-0.4, -0.2) is 42.6 Å². The van der Waals surface area contributed by atoms with Crippen LogP contribution in [0, 0.1) is 5.92 Å². The molecule has 0 saturated carbocycles. The van der Waals surface area contributed by atoms with Crippen molar-refractivity contribution in [2.75, 3.05) is 6.16 Å². The Kier molecular flexibility index (Phi) is 9.11. The van der Waals surface area contributed by atoms with E-state index in [9.17, 15) is 0 Å². The molecule has 2 heterocycles. The van der Waals surface area contributed by atoms with E-state index in [4.69, 9.17) is 9.97 Å². The summed E-state index contributed by atoms with van der Waals surface area (Å²) in [5, 5.41) is 5.70. The molecule has 1 aliphatic carbocycles. The Bertz CT molecular complexity index is 1700. The van der Waals surface area contributed by atoms with Crippen molar-refractivity contribution in [3.63, 3.8) is 0 Å². The molecule has 0 aliphatic heterocycles. The molecule has 2 aromatic heterocycles. The molecule has 2 aromatic carbocycles. The lowest BCUT2D eigenvalue weighted by molar-refractivity contribution is 0.664. The molecule has 2 unspecified atom stereocenters. The lowest BCUT2D eigenvalue weighted by Crippen LogP contribution is -2.39. The first-order valence-corrected chi connectivity index (χ1v) is 25.6. The minimum Gasteiger partial charge on any atom is -0.251 e. The molecule has 4 aromatic rings. The van der Waals surface area contributed by atoms with Crippen LogP contribution >= 0.6 is 17.2 Å².